The summed E-state index contributed by atoms with van der Waals surface area (Å²) in [6.07, 6.45) is -1.64. The van der Waals surface area contributed by atoms with Crippen molar-refractivity contribution in [1.82, 2.24) is 9.88 Å². The van der Waals surface area contributed by atoms with Crippen molar-refractivity contribution >= 4 is 27.7 Å². The van der Waals surface area contributed by atoms with Crippen LogP contribution in [0.2, 0.25) is 0 Å². The first-order chi connectivity index (χ1) is 13.7. The molecule has 0 spiro atoms. The van der Waals surface area contributed by atoms with E-state index in [1.54, 1.807) is 24.4 Å². The van der Waals surface area contributed by atoms with Gasteiger partial charge in [-0.1, -0.05) is 12.1 Å². The highest BCUT2D eigenvalue weighted by Crippen LogP contribution is 2.29. The number of ether oxygens (including phenoxy) is 1. The first-order valence-corrected chi connectivity index (χ1v) is 10.0. The number of rotatable bonds is 5. The number of amides is 1. The zero-order chi connectivity index (χ0) is 21.0. The average molecular weight is 472 g/mol. The van der Waals surface area contributed by atoms with Gasteiger partial charge >= 0.3 is 6.36 Å². The average Bonchev–Trinajstić information content (AvgIpc) is 2.69. The fourth-order valence-electron chi connectivity index (χ4n) is 3.39. The zero-order valence-corrected chi connectivity index (χ0v) is 17.3. The van der Waals surface area contributed by atoms with Crippen molar-refractivity contribution < 1.29 is 22.7 Å². The summed E-state index contributed by atoms with van der Waals surface area (Å²) in [5.41, 5.74) is 0.904. The molecule has 0 bridgehead atoms. The predicted molar refractivity (Wildman–Crippen MR) is 106 cm³/mol. The zero-order valence-electron chi connectivity index (χ0n) is 15.7. The van der Waals surface area contributed by atoms with Crippen LogP contribution in [-0.2, 0) is 4.79 Å². The minimum absolute atomic E-state index is 0.0343. The van der Waals surface area contributed by atoms with Gasteiger partial charge in [-0.15, -0.1) is 13.2 Å². The number of hydrogen-bond donors (Lipinski definition) is 1. The van der Waals surface area contributed by atoms with Gasteiger partial charge in [0.25, 0.3) is 0 Å². The van der Waals surface area contributed by atoms with Crippen LogP contribution in [0.4, 0.5) is 19.0 Å². The molecule has 9 heteroatoms. The van der Waals surface area contributed by atoms with Crippen LogP contribution in [-0.4, -0.2) is 35.2 Å². The smallest absolute Gasteiger partial charge is 0.406 e. The van der Waals surface area contributed by atoms with Crippen LogP contribution in [0.5, 0.6) is 5.75 Å². The maximum atomic E-state index is 12.5. The second-order valence-corrected chi connectivity index (χ2v) is 7.87. The van der Waals surface area contributed by atoms with E-state index < -0.39 is 6.36 Å². The van der Waals surface area contributed by atoms with Crippen LogP contribution in [0, 0.1) is 5.92 Å². The second kappa shape index (κ2) is 9.13. The number of carbonyl (C=O) groups excluding carboxylic acids is 1. The maximum Gasteiger partial charge on any atom is 0.573 e. The van der Waals surface area contributed by atoms with E-state index in [-0.39, 0.29) is 23.6 Å². The van der Waals surface area contributed by atoms with Gasteiger partial charge in [0, 0.05) is 22.6 Å². The third kappa shape index (κ3) is 6.17. The van der Waals surface area contributed by atoms with Gasteiger partial charge in [0.1, 0.15) is 11.6 Å². The minimum atomic E-state index is -4.69. The molecular formula is C20H21BrF3N3O2. The molecule has 29 heavy (non-hydrogen) atoms. The highest BCUT2D eigenvalue weighted by atomic mass is 79.9. The number of alkyl halides is 3. The standard InChI is InChI=1S/C20H21BrF3N3O2/c1-13(14-2-5-17(6-3-14)29-20(22,23)24)27-10-8-15(9-11-27)19(28)26-18-7-4-16(21)12-25-18/h2-7,12-13,15H,8-11H2,1H3,(H,25,26,28). The number of hydrogen-bond acceptors (Lipinski definition) is 4. The van der Waals surface area contributed by atoms with E-state index in [0.29, 0.717) is 18.7 Å². The Morgan fingerprint density at radius 1 is 1.21 bits per heavy atom. The Hall–Kier alpha value is -2.13. The Morgan fingerprint density at radius 3 is 2.41 bits per heavy atom. The molecule has 1 amide bonds. The summed E-state index contributed by atoms with van der Waals surface area (Å²) in [5, 5.41) is 2.84. The molecule has 1 N–H and O–H groups in total. The topological polar surface area (TPSA) is 54.5 Å². The van der Waals surface area contributed by atoms with E-state index in [1.165, 1.54) is 12.1 Å². The van der Waals surface area contributed by atoms with Gasteiger partial charge in [0.05, 0.1) is 0 Å². The summed E-state index contributed by atoms with van der Waals surface area (Å²) >= 11 is 3.31. The lowest BCUT2D eigenvalue weighted by molar-refractivity contribution is -0.274. The van der Waals surface area contributed by atoms with Gasteiger partial charge in [-0.3, -0.25) is 9.69 Å². The highest BCUT2D eigenvalue weighted by Gasteiger charge is 2.31. The summed E-state index contributed by atoms with van der Waals surface area (Å²) in [6, 6.07) is 9.53. The van der Waals surface area contributed by atoms with Crippen LogP contribution in [0.25, 0.3) is 0 Å². The summed E-state index contributed by atoms with van der Waals surface area (Å²) in [4.78, 5) is 18.8. The molecule has 0 radical (unpaired) electrons. The molecule has 1 aliphatic rings. The fourth-order valence-corrected chi connectivity index (χ4v) is 3.62. The number of carbonyl (C=O) groups is 1. The van der Waals surface area contributed by atoms with Crippen molar-refractivity contribution in [2.24, 2.45) is 5.92 Å². The number of halogens is 4. The van der Waals surface area contributed by atoms with Crippen LogP contribution >= 0.6 is 15.9 Å². The molecule has 1 fully saturated rings. The Balaban J connectivity index is 1.51. The molecule has 0 saturated carbocycles. The van der Waals surface area contributed by atoms with Crippen LogP contribution in [0.15, 0.2) is 47.1 Å². The van der Waals surface area contributed by atoms with E-state index in [0.717, 1.165) is 23.1 Å². The SMILES string of the molecule is CC(c1ccc(OC(F)(F)F)cc1)N1CCC(C(=O)Nc2ccc(Br)cn2)CC1. The van der Waals surface area contributed by atoms with Crippen molar-refractivity contribution in [2.75, 3.05) is 18.4 Å². The third-order valence-corrected chi connectivity index (χ3v) is 5.49. The molecule has 1 aliphatic heterocycles. The molecule has 2 aromatic rings. The van der Waals surface area contributed by atoms with E-state index in [4.69, 9.17) is 0 Å². The molecular weight excluding hydrogens is 451 g/mol. The number of nitrogens with one attached hydrogen (secondary N) is 1. The molecule has 0 aliphatic carbocycles. The van der Waals surface area contributed by atoms with Gasteiger partial charge in [-0.2, -0.15) is 0 Å². The lowest BCUT2D eigenvalue weighted by Gasteiger charge is -2.35. The Bertz CT molecular complexity index is 820. The molecule has 156 valence electrons. The number of anilines is 1. The van der Waals surface area contributed by atoms with Crippen LogP contribution < -0.4 is 10.1 Å². The molecule has 1 aromatic heterocycles. The molecule has 2 heterocycles. The summed E-state index contributed by atoms with van der Waals surface area (Å²) < 4.78 is 41.6. The molecule has 5 nitrogen and oxygen atoms in total. The summed E-state index contributed by atoms with van der Waals surface area (Å²) in [5.74, 6) is 0.160. The summed E-state index contributed by atoms with van der Waals surface area (Å²) in [6.45, 7) is 3.47. The van der Waals surface area contributed by atoms with Crippen molar-refractivity contribution in [3.05, 3.63) is 52.6 Å². The van der Waals surface area contributed by atoms with Crippen LogP contribution in [0.3, 0.4) is 0 Å². The van der Waals surface area contributed by atoms with E-state index >= 15 is 0 Å². The minimum Gasteiger partial charge on any atom is -0.406 e. The monoisotopic (exact) mass is 471 g/mol. The van der Waals surface area contributed by atoms with E-state index in [1.807, 2.05) is 13.0 Å². The lowest BCUT2D eigenvalue weighted by Crippen LogP contribution is -2.39. The number of nitrogens with zero attached hydrogens (tertiary/aromatic N) is 2. The van der Waals surface area contributed by atoms with Gasteiger partial charge in [0.2, 0.25) is 5.91 Å². The lowest BCUT2D eigenvalue weighted by atomic mass is 9.94. The van der Waals surface area contributed by atoms with Crippen molar-refractivity contribution in [3.63, 3.8) is 0 Å². The Kier molecular flexibility index (Phi) is 6.79. The largest absolute Gasteiger partial charge is 0.573 e. The number of benzene rings is 1. The summed E-state index contributed by atoms with van der Waals surface area (Å²) in [7, 11) is 0. The number of piperidine rings is 1. The second-order valence-electron chi connectivity index (χ2n) is 6.95. The molecule has 1 atom stereocenters. The normalized spacial score (nSPS) is 17.0. The van der Waals surface area contributed by atoms with Gasteiger partial charge in [-0.25, -0.2) is 4.98 Å². The quantitative estimate of drug-likeness (QED) is 0.654. The molecule has 1 unspecified atom stereocenters. The number of likely N-dealkylation sites (tertiary alicyclic amines) is 1. The van der Waals surface area contributed by atoms with E-state index in [2.05, 4.69) is 35.9 Å². The predicted octanol–water partition coefficient (Wildman–Crippen LogP) is 5.15. The third-order valence-electron chi connectivity index (χ3n) is 5.02. The van der Waals surface area contributed by atoms with Gasteiger partial charge in [-0.05, 0) is 78.6 Å². The highest BCUT2D eigenvalue weighted by molar-refractivity contribution is 9.10. The fraction of sp³-hybridized carbons (Fsp3) is 0.400. The Morgan fingerprint density at radius 2 is 1.86 bits per heavy atom. The van der Waals surface area contributed by atoms with Crippen LogP contribution in [0.1, 0.15) is 31.4 Å². The van der Waals surface area contributed by atoms with Crippen molar-refractivity contribution in [2.45, 2.75) is 32.2 Å². The van der Waals surface area contributed by atoms with Gasteiger partial charge in [0.15, 0.2) is 0 Å². The first kappa shape index (κ1) is 21.6. The number of aromatic nitrogens is 1. The van der Waals surface area contributed by atoms with Crippen molar-refractivity contribution in [3.8, 4) is 5.75 Å². The molecule has 3 rings (SSSR count). The molecule has 1 aromatic carbocycles. The van der Waals surface area contributed by atoms with Gasteiger partial charge < -0.3 is 10.1 Å². The molecule has 1 saturated heterocycles. The number of pyridine rings is 1. The van der Waals surface area contributed by atoms with E-state index in [9.17, 15) is 18.0 Å². The first-order valence-electron chi connectivity index (χ1n) is 9.23. The Labute approximate surface area is 175 Å². The van der Waals surface area contributed by atoms with Crippen molar-refractivity contribution in [1.29, 1.82) is 0 Å². The maximum absolute atomic E-state index is 12.5.